The highest BCUT2D eigenvalue weighted by Crippen LogP contribution is 2.34. The number of benzene rings is 1. The number of phenolic OH excluding ortho intramolecular Hbond substituents is 1. The van der Waals surface area contributed by atoms with Gasteiger partial charge in [-0.1, -0.05) is 18.2 Å². The molecule has 130 valence electrons. The Labute approximate surface area is 139 Å². The molecular formula is C16H20NO6P. The molecule has 0 heterocycles. The van der Waals surface area contributed by atoms with Crippen LogP contribution in [-0.2, 0) is 15.8 Å². The van der Waals surface area contributed by atoms with Crippen molar-refractivity contribution in [2.75, 3.05) is 0 Å². The van der Waals surface area contributed by atoms with Crippen molar-refractivity contribution < 1.29 is 29.4 Å². The van der Waals surface area contributed by atoms with Gasteiger partial charge in [-0.25, -0.2) is 4.57 Å². The molecule has 5 N–H and O–H groups in total. The molecule has 1 unspecified atom stereocenters. The topological polar surface area (TPSA) is 127 Å². The first-order chi connectivity index (χ1) is 11.2. The van der Waals surface area contributed by atoms with E-state index in [0.717, 1.165) is 5.56 Å². The predicted octanol–water partition coefficient (Wildman–Crippen LogP) is 1.54. The van der Waals surface area contributed by atoms with Gasteiger partial charge < -0.3 is 20.0 Å². The number of ketones is 1. The minimum atomic E-state index is -4.55. The average Bonchev–Trinajstić information content (AvgIpc) is 2.45. The van der Waals surface area contributed by atoms with Crippen LogP contribution in [0.25, 0.3) is 0 Å². The highest BCUT2D eigenvalue weighted by molar-refractivity contribution is 7.49. The molecule has 1 aliphatic rings. The summed E-state index contributed by atoms with van der Waals surface area (Å²) >= 11 is 0. The van der Waals surface area contributed by atoms with Gasteiger partial charge in [0.05, 0.1) is 12.5 Å². The van der Waals surface area contributed by atoms with Gasteiger partial charge in [-0.3, -0.25) is 9.88 Å². The van der Waals surface area contributed by atoms with Crippen LogP contribution in [0.5, 0.6) is 5.75 Å². The lowest BCUT2D eigenvalue weighted by Crippen LogP contribution is -2.23. The van der Waals surface area contributed by atoms with Gasteiger partial charge in [0.2, 0.25) is 0 Å². The Bertz CT molecular complexity index is 721. The number of carbonyl (C=O) groups is 1. The van der Waals surface area contributed by atoms with Gasteiger partial charge in [0.15, 0.2) is 5.78 Å². The lowest BCUT2D eigenvalue weighted by molar-refractivity contribution is -0.114. The second-order valence-electron chi connectivity index (χ2n) is 5.64. The van der Waals surface area contributed by atoms with Crippen LogP contribution in [0.15, 0.2) is 47.7 Å². The maximum atomic E-state index is 11.4. The Morgan fingerprint density at radius 2 is 2.00 bits per heavy atom. The first kappa shape index (κ1) is 18.4. The van der Waals surface area contributed by atoms with E-state index in [4.69, 9.17) is 9.79 Å². The third-order valence-corrected chi connectivity index (χ3v) is 4.20. The summed E-state index contributed by atoms with van der Waals surface area (Å²) < 4.78 is 11.1. The Kier molecular flexibility index (Phi) is 5.96. The van der Waals surface area contributed by atoms with Crippen molar-refractivity contribution in [2.45, 2.75) is 31.8 Å². The van der Waals surface area contributed by atoms with Crippen molar-refractivity contribution in [3.8, 4) is 5.75 Å². The Hall–Kier alpha value is -1.92. The molecule has 24 heavy (non-hydrogen) atoms. The summed E-state index contributed by atoms with van der Waals surface area (Å²) in [4.78, 5) is 29.5. The molecule has 0 amide bonds. The summed E-state index contributed by atoms with van der Waals surface area (Å²) in [6, 6.07) is 6.82. The molecule has 0 saturated heterocycles. The van der Waals surface area contributed by atoms with E-state index in [2.05, 4.69) is 0 Å². The maximum absolute atomic E-state index is 11.4. The number of allylic oxidation sites excluding steroid dienone is 2. The largest absolute Gasteiger partial charge is 0.508 e. The number of hydrogen-bond acceptors (Lipinski definition) is 4. The van der Waals surface area contributed by atoms with E-state index in [-0.39, 0.29) is 23.7 Å². The molecule has 0 radical (unpaired) electrons. The minimum Gasteiger partial charge on any atom is -0.508 e. The first-order valence-electron chi connectivity index (χ1n) is 7.48. The third-order valence-electron chi connectivity index (χ3n) is 3.64. The fraction of sp³-hybridized carbons (Fsp3) is 0.312. The Morgan fingerprint density at radius 3 is 2.67 bits per heavy atom. The molecule has 0 bridgehead atoms. The van der Waals surface area contributed by atoms with E-state index < -0.39 is 13.9 Å². The second kappa shape index (κ2) is 7.77. The predicted molar refractivity (Wildman–Crippen MR) is 88.0 cm³/mol. The highest BCUT2D eigenvalue weighted by atomic mass is 31.2. The molecule has 8 heteroatoms. The van der Waals surface area contributed by atoms with Crippen LogP contribution < -0.4 is 5.09 Å². The number of rotatable bonds is 7. The molecule has 7 nitrogen and oxygen atoms in total. The molecule has 1 atom stereocenters. The zero-order valence-electron chi connectivity index (χ0n) is 12.9. The standard InChI is InChI=1S/C16H20NO6P/c18-12-5-1-3-11(9-12)4-2-6-16(20)14-8-7-13(19)10-15(14)17-24(21,22)23/h1,3,5,7-9,16,18,20H,2,4,6,10H2,(H3,17,21,22,23). The third kappa shape index (κ3) is 5.62. The Balaban J connectivity index is 2.01. The van der Waals surface area contributed by atoms with E-state index in [1.807, 2.05) is 11.2 Å². The zero-order chi connectivity index (χ0) is 17.7. The number of phenols is 1. The van der Waals surface area contributed by atoms with Crippen molar-refractivity contribution >= 4 is 13.5 Å². The number of aliphatic hydroxyl groups is 1. The van der Waals surface area contributed by atoms with Crippen molar-refractivity contribution in [2.24, 2.45) is 0 Å². The number of aliphatic hydroxyl groups excluding tert-OH is 1. The molecule has 0 fully saturated rings. The van der Waals surface area contributed by atoms with E-state index >= 15 is 0 Å². The molecular weight excluding hydrogens is 333 g/mol. The first-order valence-corrected chi connectivity index (χ1v) is 9.09. The van der Waals surface area contributed by atoms with Crippen LogP contribution in [0.3, 0.4) is 0 Å². The average molecular weight is 353 g/mol. The van der Waals surface area contributed by atoms with Crippen LogP contribution in [0.1, 0.15) is 24.8 Å². The molecule has 1 aromatic carbocycles. The number of hydrogen-bond donors (Lipinski definition) is 5. The number of carbonyl (C=O) groups excluding carboxylic acids is 1. The monoisotopic (exact) mass is 353 g/mol. The van der Waals surface area contributed by atoms with Gasteiger partial charge in [0.25, 0.3) is 0 Å². The van der Waals surface area contributed by atoms with Gasteiger partial charge in [0.1, 0.15) is 5.75 Å². The lowest BCUT2D eigenvalue weighted by atomic mass is 9.94. The van der Waals surface area contributed by atoms with Crippen molar-refractivity contribution in [1.82, 2.24) is 5.09 Å². The van der Waals surface area contributed by atoms with Gasteiger partial charge in [-0.2, -0.15) is 0 Å². The van der Waals surface area contributed by atoms with E-state index in [9.17, 15) is 19.6 Å². The fourth-order valence-corrected chi connectivity index (χ4v) is 3.14. The van der Waals surface area contributed by atoms with E-state index in [0.29, 0.717) is 24.8 Å². The summed E-state index contributed by atoms with van der Waals surface area (Å²) in [5, 5.41) is 21.7. The number of nitrogens with one attached hydrogen (secondary N) is 1. The quantitative estimate of drug-likeness (QED) is 0.471. The summed E-state index contributed by atoms with van der Waals surface area (Å²) in [5.74, 6) is -0.112. The molecule has 0 aliphatic heterocycles. The minimum absolute atomic E-state index is 0.0562. The number of aromatic hydroxyl groups is 1. The zero-order valence-corrected chi connectivity index (χ0v) is 13.8. The van der Waals surface area contributed by atoms with Gasteiger partial charge in [-0.05, 0) is 43.0 Å². The van der Waals surface area contributed by atoms with Crippen molar-refractivity contribution in [3.63, 3.8) is 0 Å². The summed E-state index contributed by atoms with van der Waals surface area (Å²) in [5.41, 5.74) is 1.30. The SMILES string of the molecule is O=C1C=CC(C(O)CCCc2cccc(O)c2)=C(NP(=O)(O)O)C1. The van der Waals surface area contributed by atoms with Gasteiger partial charge >= 0.3 is 7.75 Å². The van der Waals surface area contributed by atoms with Crippen LogP contribution in [0.4, 0.5) is 0 Å². The molecule has 1 aromatic rings. The van der Waals surface area contributed by atoms with Crippen LogP contribution in [0.2, 0.25) is 0 Å². The van der Waals surface area contributed by atoms with Crippen LogP contribution >= 0.6 is 7.75 Å². The summed E-state index contributed by atoms with van der Waals surface area (Å²) in [7, 11) is -4.55. The normalized spacial score (nSPS) is 16.4. The Morgan fingerprint density at radius 1 is 1.25 bits per heavy atom. The molecule has 1 aliphatic carbocycles. The van der Waals surface area contributed by atoms with Gasteiger partial charge in [-0.15, -0.1) is 0 Å². The maximum Gasteiger partial charge on any atom is 0.427 e. The van der Waals surface area contributed by atoms with Crippen LogP contribution in [-0.4, -0.2) is 31.9 Å². The van der Waals surface area contributed by atoms with E-state index in [1.54, 1.807) is 18.2 Å². The van der Waals surface area contributed by atoms with E-state index in [1.165, 1.54) is 12.2 Å². The molecule has 2 rings (SSSR count). The second-order valence-corrected chi connectivity index (χ2v) is 6.96. The smallest absolute Gasteiger partial charge is 0.427 e. The lowest BCUT2D eigenvalue weighted by Gasteiger charge is -2.21. The molecule has 0 saturated carbocycles. The van der Waals surface area contributed by atoms with Crippen molar-refractivity contribution in [1.29, 1.82) is 0 Å². The fourth-order valence-electron chi connectivity index (χ4n) is 2.58. The summed E-state index contributed by atoms with van der Waals surface area (Å²) in [6.07, 6.45) is 3.17. The van der Waals surface area contributed by atoms with Crippen molar-refractivity contribution in [3.05, 3.63) is 53.3 Å². The number of aryl methyl sites for hydroxylation is 1. The molecule has 0 aromatic heterocycles. The summed E-state index contributed by atoms with van der Waals surface area (Å²) in [6.45, 7) is 0. The molecule has 0 spiro atoms. The van der Waals surface area contributed by atoms with Crippen LogP contribution in [0, 0.1) is 0 Å². The van der Waals surface area contributed by atoms with Gasteiger partial charge in [0, 0.05) is 11.3 Å². The highest BCUT2D eigenvalue weighted by Gasteiger charge is 2.24.